The Kier molecular flexibility index (Phi) is 3.84. The zero-order valence-corrected chi connectivity index (χ0v) is 11.4. The smallest absolute Gasteiger partial charge is 0.287 e. The van der Waals surface area contributed by atoms with Crippen LogP contribution in [0.2, 0.25) is 0 Å². The van der Waals surface area contributed by atoms with Gasteiger partial charge in [0.25, 0.3) is 0 Å². The molecule has 9 nitrogen and oxygen atoms in total. The lowest BCUT2D eigenvalue weighted by Crippen LogP contribution is -2.42. The third-order valence-electron chi connectivity index (χ3n) is 2.43. The molecule has 0 radical (unpaired) electrons. The van der Waals surface area contributed by atoms with Gasteiger partial charge in [0.05, 0.1) is 5.75 Å². The number of H-pyrrole nitrogens is 1. The van der Waals surface area contributed by atoms with Crippen molar-refractivity contribution < 1.29 is 12.7 Å². The summed E-state index contributed by atoms with van der Waals surface area (Å²) < 4.78 is 27.9. The summed E-state index contributed by atoms with van der Waals surface area (Å²) in [5, 5.41) is 0. The van der Waals surface area contributed by atoms with E-state index in [4.69, 9.17) is 0 Å². The summed E-state index contributed by atoms with van der Waals surface area (Å²) in [7, 11) is -4.02. The van der Waals surface area contributed by atoms with Crippen LogP contribution in [0.4, 0.5) is 0 Å². The van der Waals surface area contributed by atoms with Crippen molar-refractivity contribution in [2.24, 2.45) is 0 Å². The van der Waals surface area contributed by atoms with Crippen LogP contribution in [0.3, 0.4) is 0 Å². The van der Waals surface area contributed by atoms with Gasteiger partial charge in [0.2, 0.25) is 0 Å². The van der Waals surface area contributed by atoms with Gasteiger partial charge in [-0.2, -0.15) is 8.42 Å². The molecule has 2 aromatic rings. The molecule has 2 heterocycles. The first-order valence-electron chi connectivity index (χ1n) is 5.83. The predicted molar refractivity (Wildman–Crippen MR) is 69.7 cm³/mol. The largest absolute Gasteiger partial charge is 0.365 e. The summed E-state index contributed by atoms with van der Waals surface area (Å²) in [6.45, 7) is 1.81. The van der Waals surface area contributed by atoms with E-state index >= 15 is 0 Å². The zero-order valence-electron chi connectivity index (χ0n) is 10.6. The zero-order chi connectivity index (χ0) is 14.8. The Bertz CT molecular complexity index is 839. The van der Waals surface area contributed by atoms with Gasteiger partial charge in [0.1, 0.15) is 0 Å². The van der Waals surface area contributed by atoms with Crippen molar-refractivity contribution in [3.8, 4) is 0 Å². The number of hydrogen-bond donors (Lipinski definition) is 1. The maximum Gasteiger partial charge on any atom is 0.365 e. The highest BCUT2D eigenvalue weighted by atomic mass is 32.2. The fourth-order valence-electron chi connectivity index (χ4n) is 1.47. The van der Waals surface area contributed by atoms with Crippen molar-refractivity contribution in [1.82, 2.24) is 19.7 Å². The van der Waals surface area contributed by atoms with Gasteiger partial charge < -0.3 is 0 Å². The van der Waals surface area contributed by atoms with Crippen molar-refractivity contribution in [3.63, 3.8) is 0 Å². The van der Waals surface area contributed by atoms with Crippen LogP contribution in [0.25, 0.3) is 11.2 Å². The molecule has 20 heavy (non-hydrogen) atoms. The van der Waals surface area contributed by atoms with Gasteiger partial charge in [-0.15, -0.1) is 0 Å². The van der Waals surface area contributed by atoms with Gasteiger partial charge in [-0.3, -0.25) is 14.1 Å². The summed E-state index contributed by atoms with van der Waals surface area (Å²) in [5.41, 5.74) is -2.22. The van der Waals surface area contributed by atoms with Crippen LogP contribution in [0.5, 0.6) is 0 Å². The van der Waals surface area contributed by atoms with Crippen LogP contribution in [0.1, 0.15) is 19.8 Å². The van der Waals surface area contributed by atoms with Crippen molar-refractivity contribution in [2.75, 3.05) is 5.75 Å². The average molecular weight is 300 g/mol. The Balaban J connectivity index is 2.51. The molecule has 1 N–H and O–H groups in total. The predicted octanol–water partition coefficient (Wildman–Crippen LogP) is -0.962. The molecule has 0 spiro atoms. The molecule has 0 saturated heterocycles. The first-order chi connectivity index (χ1) is 9.44. The topological polar surface area (TPSA) is 124 Å². The summed E-state index contributed by atoms with van der Waals surface area (Å²) in [4.78, 5) is 33.3. The number of unbranched alkanes of at least 4 members (excludes halogenated alkanes) is 1. The molecular formula is C10H12N4O5S. The first kappa shape index (κ1) is 14.2. The number of aromatic amines is 1. The van der Waals surface area contributed by atoms with E-state index in [9.17, 15) is 18.0 Å². The van der Waals surface area contributed by atoms with E-state index in [1.807, 2.05) is 0 Å². The van der Waals surface area contributed by atoms with Crippen LogP contribution in [-0.2, 0) is 10.1 Å². The van der Waals surface area contributed by atoms with Crippen molar-refractivity contribution in [2.45, 2.75) is 19.8 Å². The summed E-state index contributed by atoms with van der Waals surface area (Å²) in [6, 6.07) is 0. The SMILES string of the molecule is CCCCS(=O)(=O)On1c(=O)[nH]c2nccnc2c1=O. The van der Waals surface area contributed by atoms with Crippen LogP contribution in [-0.4, -0.2) is 33.9 Å². The molecule has 0 saturated carbocycles. The number of hydrogen-bond acceptors (Lipinski definition) is 7. The number of aromatic nitrogens is 4. The molecule has 0 amide bonds. The molecule has 2 rings (SSSR count). The molecule has 0 fully saturated rings. The Labute approximate surface area is 113 Å². The number of nitrogens with one attached hydrogen (secondary N) is 1. The molecular weight excluding hydrogens is 288 g/mol. The van der Waals surface area contributed by atoms with Gasteiger partial charge in [-0.05, 0) is 6.42 Å². The fraction of sp³-hybridized carbons (Fsp3) is 0.400. The highest BCUT2D eigenvalue weighted by Crippen LogP contribution is 1.97. The minimum atomic E-state index is -4.02. The standard InChI is InChI=1S/C10H12N4O5S/c1-2-3-6-20(17,18)19-14-9(15)7-8(13-10(14)16)12-5-4-11-7/h4-5H,2-3,6H2,1H3,(H,12,13,16). The third-order valence-corrected chi connectivity index (χ3v) is 3.60. The van der Waals surface area contributed by atoms with Crippen LogP contribution in [0.15, 0.2) is 22.0 Å². The Morgan fingerprint density at radius 3 is 2.70 bits per heavy atom. The van der Waals surface area contributed by atoms with E-state index in [1.165, 1.54) is 12.4 Å². The second kappa shape index (κ2) is 5.41. The second-order valence-corrected chi connectivity index (χ2v) is 5.65. The Morgan fingerprint density at radius 2 is 2.00 bits per heavy atom. The van der Waals surface area contributed by atoms with Crippen molar-refractivity contribution in [1.29, 1.82) is 0 Å². The van der Waals surface area contributed by atoms with E-state index < -0.39 is 21.4 Å². The maximum absolute atomic E-state index is 12.0. The highest BCUT2D eigenvalue weighted by molar-refractivity contribution is 7.86. The number of nitrogens with zero attached hydrogens (tertiary/aromatic N) is 3. The van der Waals surface area contributed by atoms with Gasteiger partial charge in [0, 0.05) is 12.4 Å². The quantitative estimate of drug-likeness (QED) is 0.753. The maximum atomic E-state index is 12.0. The molecule has 108 valence electrons. The van der Waals surface area contributed by atoms with E-state index in [1.54, 1.807) is 6.92 Å². The number of fused-ring (bicyclic) bond motifs is 1. The molecule has 10 heteroatoms. The summed E-state index contributed by atoms with van der Waals surface area (Å²) >= 11 is 0. The molecule has 0 aliphatic rings. The monoisotopic (exact) mass is 300 g/mol. The molecule has 0 atom stereocenters. The molecule has 0 aromatic carbocycles. The highest BCUT2D eigenvalue weighted by Gasteiger charge is 2.17. The van der Waals surface area contributed by atoms with Gasteiger partial charge >= 0.3 is 21.4 Å². The van der Waals surface area contributed by atoms with E-state index in [2.05, 4.69) is 19.2 Å². The molecule has 0 bridgehead atoms. The molecule has 0 aliphatic heterocycles. The second-order valence-electron chi connectivity index (χ2n) is 3.97. The Hall–Kier alpha value is -2.23. The molecule has 2 aromatic heterocycles. The van der Waals surface area contributed by atoms with Crippen molar-refractivity contribution in [3.05, 3.63) is 33.2 Å². The first-order valence-corrected chi connectivity index (χ1v) is 7.41. The van der Waals surface area contributed by atoms with Gasteiger partial charge in [0.15, 0.2) is 11.2 Å². The average Bonchev–Trinajstić information content (AvgIpc) is 2.41. The van der Waals surface area contributed by atoms with Gasteiger partial charge in [-0.1, -0.05) is 18.1 Å². The van der Waals surface area contributed by atoms with Crippen LogP contribution < -0.4 is 15.5 Å². The van der Waals surface area contributed by atoms with Gasteiger partial charge in [-0.25, -0.2) is 14.8 Å². The Morgan fingerprint density at radius 1 is 1.30 bits per heavy atom. The van der Waals surface area contributed by atoms with Crippen LogP contribution in [0, 0.1) is 0 Å². The van der Waals surface area contributed by atoms with E-state index in [0.717, 1.165) is 0 Å². The van der Waals surface area contributed by atoms with Crippen LogP contribution >= 0.6 is 0 Å². The summed E-state index contributed by atoms with van der Waals surface area (Å²) in [6.07, 6.45) is 3.54. The van der Waals surface area contributed by atoms with E-state index in [0.29, 0.717) is 12.8 Å². The lowest BCUT2D eigenvalue weighted by Gasteiger charge is -2.07. The minimum absolute atomic E-state index is 0.0340. The minimum Gasteiger partial charge on any atom is -0.287 e. The third kappa shape index (κ3) is 2.85. The van der Waals surface area contributed by atoms with Crippen molar-refractivity contribution >= 4 is 21.3 Å². The lowest BCUT2D eigenvalue weighted by atomic mass is 10.4. The molecule has 0 aliphatic carbocycles. The molecule has 0 unspecified atom stereocenters. The lowest BCUT2D eigenvalue weighted by molar-refractivity contribution is 0.253. The fourth-order valence-corrected chi connectivity index (χ4v) is 2.55. The number of rotatable bonds is 5. The normalized spacial score (nSPS) is 11.7. The summed E-state index contributed by atoms with van der Waals surface area (Å²) in [5.74, 6) is -0.284. The van der Waals surface area contributed by atoms with E-state index in [-0.39, 0.29) is 21.6 Å².